The largest absolute Gasteiger partial charge is 0.481 e. The van der Waals surface area contributed by atoms with Gasteiger partial charge in [0.05, 0.1) is 13.5 Å². The summed E-state index contributed by atoms with van der Waals surface area (Å²) in [6.07, 6.45) is 13.8. The molecule has 0 aromatic rings. The second kappa shape index (κ2) is 15.2. The number of aliphatic carboxylic acids is 1. The Morgan fingerprint density at radius 2 is 1.97 bits per heavy atom. The maximum absolute atomic E-state index is 12.3. The summed E-state index contributed by atoms with van der Waals surface area (Å²) in [6, 6.07) is 0. The molecule has 1 rings (SSSR count). The van der Waals surface area contributed by atoms with E-state index < -0.39 is 18.0 Å². The van der Waals surface area contributed by atoms with Crippen LogP contribution in [0, 0.1) is 5.92 Å². The topological polar surface area (TPSA) is 104 Å². The van der Waals surface area contributed by atoms with Crippen molar-refractivity contribution in [2.24, 2.45) is 5.92 Å². The molecular weight excluding hydrogens is 422 g/mol. The zero-order chi connectivity index (χ0) is 24.8. The predicted molar refractivity (Wildman–Crippen MR) is 128 cm³/mol. The first-order chi connectivity index (χ1) is 15.6. The first-order valence-electron chi connectivity index (χ1n) is 11.6. The van der Waals surface area contributed by atoms with Crippen molar-refractivity contribution in [1.29, 1.82) is 0 Å². The van der Waals surface area contributed by atoms with E-state index in [1.54, 1.807) is 4.90 Å². The van der Waals surface area contributed by atoms with Crippen molar-refractivity contribution in [1.82, 2.24) is 4.90 Å². The van der Waals surface area contributed by atoms with Gasteiger partial charge < -0.3 is 19.8 Å². The maximum Gasteiger partial charge on any atom is 0.335 e. The molecule has 0 aromatic carbocycles. The molecule has 2 N–H and O–H groups in total. The summed E-state index contributed by atoms with van der Waals surface area (Å²) >= 11 is 0. The fourth-order valence-electron chi connectivity index (χ4n) is 3.57. The minimum absolute atomic E-state index is 0.0200. The van der Waals surface area contributed by atoms with Crippen LogP contribution in [0.25, 0.3) is 0 Å². The summed E-state index contributed by atoms with van der Waals surface area (Å²) in [7, 11) is 1.27. The van der Waals surface area contributed by atoms with Crippen LogP contribution < -0.4 is 0 Å². The summed E-state index contributed by atoms with van der Waals surface area (Å²) in [5.41, 5.74) is 3.01. The first-order valence-corrected chi connectivity index (χ1v) is 11.6. The van der Waals surface area contributed by atoms with E-state index in [1.165, 1.54) is 12.7 Å². The highest BCUT2D eigenvalue weighted by molar-refractivity contribution is 5.95. The highest BCUT2D eigenvalue weighted by Gasteiger charge is 2.23. The molecule has 7 nitrogen and oxygen atoms in total. The monoisotopic (exact) mass is 461 g/mol. The lowest BCUT2D eigenvalue weighted by Crippen LogP contribution is -2.29. The van der Waals surface area contributed by atoms with Gasteiger partial charge in [-0.15, -0.1) is 0 Å². The van der Waals surface area contributed by atoms with Gasteiger partial charge in [0.1, 0.15) is 0 Å². The summed E-state index contributed by atoms with van der Waals surface area (Å²) in [5.74, 6) is -1.12. The van der Waals surface area contributed by atoms with E-state index in [4.69, 9.17) is 5.11 Å². The van der Waals surface area contributed by atoms with Gasteiger partial charge in [0.2, 0.25) is 5.91 Å². The number of ether oxygens (including phenoxy) is 1. The smallest absolute Gasteiger partial charge is 0.335 e. The van der Waals surface area contributed by atoms with Gasteiger partial charge in [-0.1, -0.05) is 48.5 Å². The molecule has 1 unspecified atom stereocenters. The van der Waals surface area contributed by atoms with Crippen LogP contribution in [0.3, 0.4) is 0 Å². The number of rotatable bonds is 15. The van der Waals surface area contributed by atoms with Crippen molar-refractivity contribution in [3.8, 4) is 0 Å². The number of methoxy groups -OCH3 is 1. The van der Waals surface area contributed by atoms with Crippen LogP contribution in [0.15, 0.2) is 47.1 Å². The van der Waals surface area contributed by atoms with Gasteiger partial charge in [-0.3, -0.25) is 9.59 Å². The van der Waals surface area contributed by atoms with E-state index >= 15 is 0 Å². The summed E-state index contributed by atoms with van der Waals surface area (Å²) in [5, 5.41) is 18.4. The molecule has 1 aliphatic heterocycles. The number of allylic oxidation sites excluding steroid dienone is 5. The van der Waals surface area contributed by atoms with Crippen LogP contribution in [0.2, 0.25) is 0 Å². The second-order valence-electron chi connectivity index (χ2n) is 8.72. The van der Waals surface area contributed by atoms with Crippen molar-refractivity contribution in [2.75, 3.05) is 20.2 Å². The molecule has 1 heterocycles. The molecule has 7 heteroatoms. The number of aliphatic hydroxyl groups is 1. The van der Waals surface area contributed by atoms with Gasteiger partial charge in [0, 0.05) is 25.1 Å². The highest BCUT2D eigenvalue weighted by atomic mass is 16.5. The van der Waals surface area contributed by atoms with E-state index in [0.717, 1.165) is 36.8 Å². The van der Waals surface area contributed by atoms with Crippen molar-refractivity contribution < 1.29 is 29.3 Å². The number of carboxylic acid groups (broad SMARTS) is 1. The molecule has 1 amide bonds. The molecule has 0 aromatic heterocycles. The summed E-state index contributed by atoms with van der Waals surface area (Å²) < 4.78 is 4.53. The zero-order valence-corrected chi connectivity index (χ0v) is 20.4. The van der Waals surface area contributed by atoms with Crippen LogP contribution in [0.4, 0.5) is 0 Å². The Hall–Kier alpha value is -2.67. The number of hydrogen-bond donors (Lipinski definition) is 2. The van der Waals surface area contributed by atoms with Gasteiger partial charge in [0.15, 0.2) is 6.10 Å². The molecule has 0 fully saturated rings. The number of nitrogens with zero attached hydrogens (tertiary/aromatic N) is 1. The molecule has 0 bridgehead atoms. The number of aliphatic hydroxyl groups excluding tert-OH is 1. The van der Waals surface area contributed by atoms with Crippen molar-refractivity contribution >= 4 is 17.8 Å². The Kier molecular flexibility index (Phi) is 13.1. The van der Waals surface area contributed by atoms with E-state index in [-0.39, 0.29) is 18.9 Å². The summed E-state index contributed by atoms with van der Waals surface area (Å²) in [4.78, 5) is 35.8. The van der Waals surface area contributed by atoms with Crippen LogP contribution in [0.5, 0.6) is 0 Å². The number of carboxylic acids is 1. The molecule has 33 heavy (non-hydrogen) atoms. The third-order valence-corrected chi connectivity index (χ3v) is 5.66. The van der Waals surface area contributed by atoms with Crippen LogP contribution in [-0.4, -0.2) is 59.3 Å². The quantitative estimate of drug-likeness (QED) is 0.215. The normalized spacial score (nSPS) is 16.8. The molecule has 0 radical (unpaired) electrons. The number of esters is 1. The predicted octanol–water partition coefficient (Wildman–Crippen LogP) is 4.19. The molecular formula is C26H39NO6. The average molecular weight is 462 g/mol. The molecule has 2 atom stereocenters. The number of carbonyl (C=O) groups excluding carboxylic acids is 2. The van der Waals surface area contributed by atoms with E-state index in [1.807, 2.05) is 13.0 Å². The van der Waals surface area contributed by atoms with Crippen molar-refractivity contribution in [2.45, 2.75) is 71.8 Å². The minimum Gasteiger partial charge on any atom is -0.481 e. The molecule has 0 spiro atoms. The average Bonchev–Trinajstić information content (AvgIpc) is 3.10. The van der Waals surface area contributed by atoms with Gasteiger partial charge in [-0.25, -0.2) is 4.79 Å². The lowest BCUT2D eigenvalue weighted by molar-refractivity contribution is -0.150. The zero-order valence-electron chi connectivity index (χ0n) is 20.4. The van der Waals surface area contributed by atoms with E-state index in [9.17, 15) is 19.5 Å². The Bertz CT molecular complexity index is 793. The van der Waals surface area contributed by atoms with Gasteiger partial charge >= 0.3 is 11.9 Å². The Morgan fingerprint density at radius 1 is 1.24 bits per heavy atom. The number of hydrogen-bond acceptors (Lipinski definition) is 5. The van der Waals surface area contributed by atoms with E-state index in [2.05, 4.69) is 42.9 Å². The Labute approximate surface area is 197 Å². The molecule has 0 saturated carbocycles. The lowest BCUT2D eigenvalue weighted by Gasteiger charge is -2.15. The Balaban J connectivity index is 2.29. The fraction of sp³-hybridized carbons (Fsp3) is 0.577. The van der Waals surface area contributed by atoms with Gasteiger partial charge in [-0.2, -0.15) is 0 Å². The van der Waals surface area contributed by atoms with E-state index in [0.29, 0.717) is 25.3 Å². The standard InChI is InChI=1S/C26H39NO6/c1-19(10-6-12-21(3)18-23(28)26(32)33-4)8-5-9-20(2)11-7-13-22-14-16-27(25(22)31)17-15-24(29)30/h5,8-9,12,14,19,23,28H,6-7,10-11,13,15-18H2,1-4H3,(H,29,30)/b8-5+,20-9+,21-12-/t19-,23?/m1/s1. The number of amides is 1. The molecule has 0 saturated heterocycles. The van der Waals surface area contributed by atoms with Crippen LogP contribution >= 0.6 is 0 Å². The SMILES string of the molecule is COC(=O)C(O)C/C(C)=C\CC[C@H](C)/C=C/C=C(\C)CCCC1=CCN(CCC(=O)O)C1=O. The lowest BCUT2D eigenvalue weighted by atomic mass is 10.0. The van der Waals surface area contributed by atoms with Crippen molar-refractivity contribution in [3.05, 3.63) is 47.1 Å². The Morgan fingerprint density at radius 3 is 2.64 bits per heavy atom. The third-order valence-electron chi connectivity index (χ3n) is 5.66. The fourth-order valence-corrected chi connectivity index (χ4v) is 3.57. The maximum atomic E-state index is 12.3. The van der Waals surface area contributed by atoms with Crippen molar-refractivity contribution in [3.63, 3.8) is 0 Å². The molecule has 184 valence electrons. The van der Waals surface area contributed by atoms with Crippen LogP contribution in [0.1, 0.15) is 65.7 Å². The molecule has 1 aliphatic rings. The third kappa shape index (κ3) is 11.7. The first kappa shape index (κ1) is 28.4. The minimum atomic E-state index is -1.10. The number of carbonyl (C=O) groups is 3. The van der Waals surface area contributed by atoms with Gasteiger partial charge in [0.25, 0.3) is 0 Å². The van der Waals surface area contributed by atoms with Crippen LogP contribution in [-0.2, 0) is 19.1 Å². The summed E-state index contributed by atoms with van der Waals surface area (Å²) in [6.45, 7) is 6.91. The van der Waals surface area contributed by atoms with Gasteiger partial charge in [-0.05, 0) is 51.9 Å². The second-order valence-corrected chi connectivity index (χ2v) is 8.72. The molecule has 0 aliphatic carbocycles. The highest BCUT2D eigenvalue weighted by Crippen LogP contribution is 2.19.